The van der Waals surface area contributed by atoms with Crippen molar-refractivity contribution < 1.29 is 14.3 Å². The zero-order chi connectivity index (χ0) is 13.7. The number of rotatable bonds is 3. The van der Waals surface area contributed by atoms with Crippen LogP contribution in [0.15, 0.2) is 29.4 Å². The van der Waals surface area contributed by atoms with Gasteiger partial charge in [-0.05, 0) is 19.1 Å². The van der Waals surface area contributed by atoms with Gasteiger partial charge in [-0.2, -0.15) is 10.4 Å². The molecule has 0 unspecified atom stereocenters. The van der Waals surface area contributed by atoms with Gasteiger partial charge in [-0.3, -0.25) is 4.79 Å². The van der Waals surface area contributed by atoms with Crippen LogP contribution in [-0.4, -0.2) is 24.3 Å². The van der Waals surface area contributed by atoms with E-state index < -0.39 is 5.91 Å². The third-order valence-corrected chi connectivity index (χ3v) is 2.57. The number of carbonyl (C=O) groups excluding carboxylic acids is 1. The van der Waals surface area contributed by atoms with Crippen molar-refractivity contribution in [2.75, 3.05) is 6.61 Å². The summed E-state index contributed by atoms with van der Waals surface area (Å²) in [6.45, 7) is 2.06. The maximum atomic E-state index is 11.1. The van der Waals surface area contributed by atoms with Crippen molar-refractivity contribution in [3.05, 3.63) is 24.3 Å². The predicted molar refractivity (Wildman–Crippen MR) is 67.8 cm³/mol. The van der Waals surface area contributed by atoms with E-state index >= 15 is 0 Å². The SMILES string of the molecule is CC(=NNC(=O)CC#N)[C@@H]1COc2ccccc2O1. The summed E-state index contributed by atoms with van der Waals surface area (Å²) in [6.07, 6.45) is -0.570. The molecule has 0 aromatic heterocycles. The van der Waals surface area contributed by atoms with Crippen LogP contribution in [0.1, 0.15) is 13.3 Å². The standard InChI is InChI=1S/C13H13N3O3/c1-9(15-16-13(17)6-7-14)12-8-18-10-4-2-3-5-11(10)19-12/h2-5,12H,6,8H2,1H3,(H,16,17)/t12-/m0/s1. The van der Waals surface area contributed by atoms with E-state index in [0.29, 0.717) is 23.8 Å². The molecule has 1 atom stereocenters. The number of nitriles is 1. The first kappa shape index (κ1) is 12.9. The normalized spacial score (nSPS) is 17.5. The van der Waals surface area contributed by atoms with E-state index in [1.807, 2.05) is 24.3 Å². The highest BCUT2D eigenvalue weighted by molar-refractivity contribution is 5.88. The molecule has 0 spiro atoms. The minimum Gasteiger partial charge on any atom is -0.485 e. The van der Waals surface area contributed by atoms with Gasteiger partial charge >= 0.3 is 0 Å². The van der Waals surface area contributed by atoms with Gasteiger partial charge in [0.25, 0.3) is 5.91 Å². The number of hydrogen-bond acceptors (Lipinski definition) is 5. The molecule has 98 valence electrons. The summed E-state index contributed by atoms with van der Waals surface area (Å²) in [5.41, 5.74) is 2.88. The van der Waals surface area contributed by atoms with Crippen molar-refractivity contribution in [2.24, 2.45) is 5.10 Å². The Morgan fingerprint density at radius 2 is 2.26 bits per heavy atom. The van der Waals surface area contributed by atoms with E-state index in [1.165, 1.54) is 0 Å². The minimum absolute atomic E-state index is 0.221. The van der Waals surface area contributed by atoms with Crippen molar-refractivity contribution >= 4 is 11.6 Å². The second-order valence-corrected chi connectivity index (χ2v) is 3.99. The predicted octanol–water partition coefficient (Wildman–Crippen LogP) is 1.23. The van der Waals surface area contributed by atoms with Gasteiger partial charge in [-0.15, -0.1) is 0 Å². The summed E-state index contributed by atoms with van der Waals surface area (Å²) < 4.78 is 11.3. The molecule has 1 aromatic carbocycles. The van der Waals surface area contributed by atoms with Crippen molar-refractivity contribution in [1.82, 2.24) is 5.43 Å². The second kappa shape index (κ2) is 5.87. The zero-order valence-electron chi connectivity index (χ0n) is 10.4. The molecule has 6 heteroatoms. The molecule has 19 heavy (non-hydrogen) atoms. The lowest BCUT2D eigenvalue weighted by molar-refractivity contribution is -0.120. The van der Waals surface area contributed by atoms with Crippen LogP contribution < -0.4 is 14.9 Å². The molecule has 1 amide bonds. The number of hydrazone groups is 1. The average molecular weight is 259 g/mol. The van der Waals surface area contributed by atoms with Crippen molar-refractivity contribution in [2.45, 2.75) is 19.4 Å². The molecule has 0 saturated carbocycles. The number of nitrogens with one attached hydrogen (secondary N) is 1. The van der Waals surface area contributed by atoms with E-state index in [1.54, 1.807) is 13.0 Å². The number of hydrogen-bond donors (Lipinski definition) is 1. The fourth-order valence-corrected chi connectivity index (χ4v) is 1.56. The van der Waals surface area contributed by atoms with Gasteiger partial charge in [0.05, 0.1) is 11.8 Å². The molecular formula is C13H13N3O3. The molecule has 1 N–H and O–H groups in total. The number of amides is 1. The first-order valence-corrected chi connectivity index (χ1v) is 5.79. The Balaban J connectivity index is 1.99. The van der Waals surface area contributed by atoms with Crippen LogP contribution in [-0.2, 0) is 4.79 Å². The summed E-state index contributed by atoms with van der Waals surface area (Å²) in [4.78, 5) is 11.1. The van der Waals surface area contributed by atoms with Crippen LogP contribution in [0.5, 0.6) is 11.5 Å². The lowest BCUT2D eigenvalue weighted by Crippen LogP contribution is -2.36. The van der Waals surface area contributed by atoms with Gasteiger partial charge in [0.2, 0.25) is 0 Å². The molecule has 0 aliphatic carbocycles. The molecule has 0 bridgehead atoms. The van der Waals surface area contributed by atoms with Crippen LogP contribution in [0.4, 0.5) is 0 Å². The van der Waals surface area contributed by atoms with E-state index in [0.717, 1.165) is 0 Å². The number of benzene rings is 1. The molecule has 0 saturated heterocycles. The molecule has 6 nitrogen and oxygen atoms in total. The Morgan fingerprint density at radius 1 is 1.53 bits per heavy atom. The Labute approximate surface area is 110 Å². The molecule has 1 aliphatic rings. The number of carbonyl (C=O) groups is 1. The third-order valence-electron chi connectivity index (χ3n) is 2.57. The maximum absolute atomic E-state index is 11.1. The van der Waals surface area contributed by atoms with Gasteiger partial charge in [0.15, 0.2) is 17.6 Å². The molecule has 0 radical (unpaired) electrons. The molecule has 2 rings (SSSR count). The summed E-state index contributed by atoms with van der Waals surface area (Å²) in [5.74, 6) is 0.899. The summed E-state index contributed by atoms with van der Waals surface area (Å²) in [5, 5.41) is 12.3. The maximum Gasteiger partial charge on any atom is 0.254 e. The average Bonchev–Trinajstić information content (AvgIpc) is 2.44. The highest BCUT2D eigenvalue weighted by atomic mass is 16.6. The summed E-state index contributed by atoms with van der Waals surface area (Å²) in [6, 6.07) is 9.10. The largest absolute Gasteiger partial charge is 0.485 e. The van der Waals surface area contributed by atoms with Gasteiger partial charge in [-0.1, -0.05) is 12.1 Å². The number of fused-ring (bicyclic) bond motifs is 1. The fourth-order valence-electron chi connectivity index (χ4n) is 1.56. The summed E-state index contributed by atoms with van der Waals surface area (Å²) in [7, 11) is 0. The zero-order valence-corrected chi connectivity index (χ0v) is 10.4. The summed E-state index contributed by atoms with van der Waals surface area (Å²) >= 11 is 0. The van der Waals surface area contributed by atoms with Crippen LogP contribution in [0.2, 0.25) is 0 Å². The molecule has 1 aliphatic heterocycles. The van der Waals surface area contributed by atoms with Crippen LogP contribution in [0, 0.1) is 11.3 Å². The van der Waals surface area contributed by atoms with Crippen LogP contribution >= 0.6 is 0 Å². The highest BCUT2D eigenvalue weighted by Crippen LogP contribution is 2.31. The van der Waals surface area contributed by atoms with Crippen LogP contribution in [0.3, 0.4) is 0 Å². The van der Waals surface area contributed by atoms with Gasteiger partial charge in [0.1, 0.15) is 13.0 Å². The van der Waals surface area contributed by atoms with Crippen LogP contribution in [0.25, 0.3) is 0 Å². The molecular weight excluding hydrogens is 246 g/mol. The molecule has 0 fully saturated rings. The van der Waals surface area contributed by atoms with Crippen molar-refractivity contribution in [3.8, 4) is 17.6 Å². The first-order valence-electron chi connectivity index (χ1n) is 5.79. The van der Waals surface area contributed by atoms with Crippen molar-refractivity contribution in [1.29, 1.82) is 5.26 Å². The topological polar surface area (TPSA) is 83.7 Å². The third kappa shape index (κ3) is 3.22. The smallest absolute Gasteiger partial charge is 0.254 e. The van der Waals surface area contributed by atoms with Gasteiger partial charge < -0.3 is 9.47 Å². The Kier molecular flexibility index (Phi) is 3.98. The van der Waals surface area contributed by atoms with Gasteiger partial charge in [-0.25, -0.2) is 5.43 Å². The Morgan fingerprint density at radius 3 is 3.00 bits per heavy atom. The second-order valence-electron chi connectivity index (χ2n) is 3.99. The minimum atomic E-state index is -0.445. The van der Waals surface area contributed by atoms with E-state index in [9.17, 15) is 4.79 Å². The lowest BCUT2D eigenvalue weighted by Gasteiger charge is -2.26. The van der Waals surface area contributed by atoms with E-state index in [-0.39, 0.29) is 12.5 Å². The first-order chi connectivity index (χ1) is 9.20. The van der Waals surface area contributed by atoms with E-state index in [4.69, 9.17) is 14.7 Å². The Hall–Kier alpha value is -2.55. The number of nitrogens with zero attached hydrogens (tertiary/aromatic N) is 2. The van der Waals surface area contributed by atoms with Gasteiger partial charge in [0, 0.05) is 0 Å². The molecule has 1 aromatic rings. The molecule has 1 heterocycles. The highest BCUT2D eigenvalue weighted by Gasteiger charge is 2.23. The lowest BCUT2D eigenvalue weighted by atomic mass is 10.2. The quantitative estimate of drug-likeness (QED) is 0.653. The number of para-hydroxylation sites is 2. The number of ether oxygens (including phenoxy) is 2. The van der Waals surface area contributed by atoms with E-state index in [2.05, 4.69) is 10.5 Å². The van der Waals surface area contributed by atoms with Crippen molar-refractivity contribution in [3.63, 3.8) is 0 Å². The Bertz CT molecular complexity index is 548. The monoisotopic (exact) mass is 259 g/mol. The fraction of sp³-hybridized carbons (Fsp3) is 0.308.